The smallest absolute Gasteiger partial charge is 0.317 e. The predicted molar refractivity (Wildman–Crippen MR) is 43.8 cm³/mol. The van der Waals surface area contributed by atoms with E-state index in [9.17, 15) is 4.79 Å². The summed E-state index contributed by atoms with van der Waals surface area (Å²) in [5.74, 6) is 1.18. The molecule has 68 valence electrons. The van der Waals surface area contributed by atoms with Crippen molar-refractivity contribution in [2.24, 2.45) is 11.8 Å². The van der Waals surface area contributed by atoms with Gasteiger partial charge in [0.1, 0.15) is 0 Å². The quantitative estimate of drug-likeness (QED) is 0.597. The molecule has 2 fully saturated rings. The van der Waals surface area contributed by atoms with Gasteiger partial charge in [0, 0.05) is 32.0 Å². The molecule has 0 aromatic heterocycles. The summed E-state index contributed by atoms with van der Waals surface area (Å²) in [5, 5.41) is 2.96. The van der Waals surface area contributed by atoms with Crippen molar-refractivity contribution in [2.75, 3.05) is 27.3 Å². The minimum Gasteiger partial charge on any atom is -0.381 e. The van der Waals surface area contributed by atoms with Crippen LogP contribution in [0, 0.1) is 11.8 Å². The van der Waals surface area contributed by atoms with Crippen LogP contribution in [0.1, 0.15) is 0 Å². The maximum Gasteiger partial charge on any atom is 0.317 e. The van der Waals surface area contributed by atoms with Crippen molar-refractivity contribution in [3.8, 4) is 0 Å². The topological polar surface area (TPSA) is 41.6 Å². The lowest BCUT2D eigenvalue weighted by Gasteiger charge is -2.12. The van der Waals surface area contributed by atoms with Gasteiger partial charge in [-0.2, -0.15) is 0 Å². The standard InChI is InChI=1S/C8H14N2O2/c1-10(2)8(11)9-7-5-3-12-4-6(5)7/h5-7H,3-4H2,1-2H3,(H,9,11)/t5-,6+,7?. The Morgan fingerprint density at radius 2 is 2.00 bits per heavy atom. The highest BCUT2D eigenvalue weighted by atomic mass is 16.5. The van der Waals surface area contributed by atoms with E-state index in [4.69, 9.17) is 4.74 Å². The van der Waals surface area contributed by atoms with Gasteiger partial charge < -0.3 is 15.0 Å². The number of nitrogens with zero attached hydrogens (tertiary/aromatic N) is 1. The molecule has 4 nitrogen and oxygen atoms in total. The summed E-state index contributed by atoms with van der Waals surface area (Å²) >= 11 is 0. The Kier molecular flexibility index (Phi) is 1.72. The second-order valence-electron chi connectivity index (χ2n) is 3.73. The van der Waals surface area contributed by atoms with Gasteiger partial charge in [-0.05, 0) is 0 Å². The molecule has 1 aliphatic heterocycles. The van der Waals surface area contributed by atoms with Crippen LogP contribution in [0.3, 0.4) is 0 Å². The first-order chi connectivity index (χ1) is 5.70. The van der Waals surface area contributed by atoms with Gasteiger partial charge in [-0.25, -0.2) is 4.79 Å². The van der Waals surface area contributed by atoms with Crippen LogP contribution in [0.4, 0.5) is 4.79 Å². The average Bonchev–Trinajstić information content (AvgIpc) is 2.46. The number of hydrogen-bond donors (Lipinski definition) is 1. The van der Waals surface area contributed by atoms with Crippen LogP contribution >= 0.6 is 0 Å². The van der Waals surface area contributed by atoms with E-state index in [0.717, 1.165) is 13.2 Å². The van der Waals surface area contributed by atoms with Gasteiger partial charge in [0.2, 0.25) is 0 Å². The number of amides is 2. The molecule has 0 aromatic carbocycles. The minimum atomic E-state index is 0.00870. The van der Waals surface area contributed by atoms with Gasteiger partial charge in [0.25, 0.3) is 0 Å². The summed E-state index contributed by atoms with van der Waals surface area (Å²) in [6.45, 7) is 1.64. The molecule has 0 spiro atoms. The third-order valence-corrected chi connectivity index (χ3v) is 2.65. The predicted octanol–water partition coefficient (Wildman–Crippen LogP) is -0.0976. The average molecular weight is 170 g/mol. The second-order valence-corrected chi connectivity index (χ2v) is 3.73. The molecule has 1 heterocycles. The lowest BCUT2D eigenvalue weighted by Crippen LogP contribution is -2.38. The molecule has 2 amide bonds. The van der Waals surface area contributed by atoms with Crippen molar-refractivity contribution >= 4 is 6.03 Å². The number of urea groups is 1. The summed E-state index contributed by atoms with van der Waals surface area (Å²) in [6, 6.07) is 0.392. The Morgan fingerprint density at radius 1 is 1.42 bits per heavy atom. The third kappa shape index (κ3) is 1.16. The third-order valence-electron chi connectivity index (χ3n) is 2.65. The summed E-state index contributed by atoms with van der Waals surface area (Å²) in [6.07, 6.45) is 0. The van der Waals surface area contributed by atoms with E-state index in [-0.39, 0.29) is 6.03 Å². The van der Waals surface area contributed by atoms with Crippen LogP contribution in [0.25, 0.3) is 0 Å². The van der Waals surface area contributed by atoms with Gasteiger partial charge in [-0.15, -0.1) is 0 Å². The van der Waals surface area contributed by atoms with Crippen molar-refractivity contribution in [1.82, 2.24) is 10.2 Å². The molecular weight excluding hydrogens is 156 g/mol. The van der Waals surface area contributed by atoms with E-state index < -0.39 is 0 Å². The Balaban J connectivity index is 1.79. The van der Waals surface area contributed by atoms with Crippen LogP contribution < -0.4 is 5.32 Å². The number of carbonyl (C=O) groups excluding carboxylic acids is 1. The fourth-order valence-electron chi connectivity index (χ4n) is 1.73. The largest absolute Gasteiger partial charge is 0.381 e. The monoisotopic (exact) mass is 170 g/mol. The summed E-state index contributed by atoms with van der Waals surface area (Å²) in [4.78, 5) is 12.8. The Bertz CT molecular complexity index is 195. The minimum absolute atomic E-state index is 0.00870. The van der Waals surface area contributed by atoms with Gasteiger partial charge in [0.15, 0.2) is 0 Å². The maximum atomic E-state index is 11.2. The normalized spacial score (nSPS) is 37.3. The molecule has 0 radical (unpaired) electrons. The van der Waals surface area contributed by atoms with Crippen molar-refractivity contribution in [3.05, 3.63) is 0 Å². The summed E-state index contributed by atoms with van der Waals surface area (Å²) in [7, 11) is 3.51. The van der Waals surface area contributed by atoms with Crippen molar-refractivity contribution in [3.63, 3.8) is 0 Å². The Morgan fingerprint density at radius 3 is 2.50 bits per heavy atom. The first-order valence-corrected chi connectivity index (χ1v) is 4.25. The highest BCUT2D eigenvalue weighted by Gasteiger charge is 2.54. The van der Waals surface area contributed by atoms with E-state index in [1.165, 1.54) is 0 Å². The van der Waals surface area contributed by atoms with Crippen LogP contribution in [-0.4, -0.2) is 44.3 Å². The second kappa shape index (κ2) is 2.62. The van der Waals surface area contributed by atoms with Gasteiger partial charge in [-0.1, -0.05) is 0 Å². The molecular formula is C8H14N2O2. The summed E-state index contributed by atoms with van der Waals surface area (Å²) < 4.78 is 5.21. The molecule has 1 N–H and O–H groups in total. The maximum absolute atomic E-state index is 11.2. The number of hydrogen-bond acceptors (Lipinski definition) is 2. The molecule has 1 aliphatic carbocycles. The van der Waals surface area contributed by atoms with Crippen LogP contribution in [0.2, 0.25) is 0 Å². The first kappa shape index (κ1) is 7.86. The lowest BCUT2D eigenvalue weighted by atomic mass is 10.4. The zero-order valence-corrected chi connectivity index (χ0v) is 7.41. The first-order valence-electron chi connectivity index (χ1n) is 4.25. The van der Waals surface area contributed by atoms with Crippen LogP contribution in [-0.2, 0) is 4.74 Å². The summed E-state index contributed by atoms with van der Waals surface area (Å²) in [5.41, 5.74) is 0. The Hall–Kier alpha value is -0.770. The van der Waals surface area contributed by atoms with E-state index in [2.05, 4.69) is 5.32 Å². The van der Waals surface area contributed by atoms with E-state index >= 15 is 0 Å². The molecule has 0 bridgehead atoms. The fraction of sp³-hybridized carbons (Fsp3) is 0.875. The lowest BCUT2D eigenvalue weighted by molar-refractivity contribution is 0.154. The zero-order valence-electron chi connectivity index (χ0n) is 7.41. The molecule has 0 aromatic rings. The molecule has 2 aliphatic rings. The van der Waals surface area contributed by atoms with E-state index in [1.807, 2.05) is 0 Å². The van der Waals surface area contributed by atoms with Crippen LogP contribution in [0.15, 0.2) is 0 Å². The number of carbonyl (C=O) groups is 1. The van der Waals surface area contributed by atoms with Crippen molar-refractivity contribution < 1.29 is 9.53 Å². The van der Waals surface area contributed by atoms with Crippen LogP contribution in [0.5, 0.6) is 0 Å². The molecule has 1 saturated heterocycles. The number of fused-ring (bicyclic) bond motifs is 1. The fourth-order valence-corrected chi connectivity index (χ4v) is 1.73. The van der Waals surface area contributed by atoms with Gasteiger partial charge in [0.05, 0.1) is 13.2 Å². The van der Waals surface area contributed by atoms with E-state index in [1.54, 1.807) is 19.0 Å². The van der Waals surface area contributed by atoms with Crippen molar-refractivity contribution in [2.45, 2.75) is 6.04 Å². The molecule has 1 unspecified atom stereocenters. The SMILES string of the molecule is CN(C)C(=O)NC1[C@H]2COC[C@@H]12. The highest BCUT2D eigenvalue weighted by Crippen LogP contribution is 2.44. The molecule has 12 heavy (non-hydrogen) atoms. The highest BCUT2D eigenvalue weighted by molar-refractivity contribution is 5.74. The zero-order chi connectivity index (χ0) is 8.72. The molecule has 2 rings (SSSR count). The molecule has 1 saturated carbocycles. The number of ether oxygens (including phenoxy) is 1. The van der Waals surface area contributed by atoms with Gasteiger partial charge in [-0.3, -0.25) is 0 Å². The molecule has 3 atom stereocenters. The van der Waals surface area contributed by atoms with Gasteiger partial charge >= 0.3 is 6.03 Å². The van der Waals surface area contributed by atoms with Crippen molar-refractivity contribution in [1.29, 1.82) is 0 Å². The molecule has 4 heteroatoms. The Labute approximate surface area is 71.9 Å². The number of rotatable bonds is 1. The van der Waals surface area contributed by atoms with E-state index in [0.29, 0.717) is 17.9 Å². The number of nitrogens with one attached hydrogen (secondary N) is 1.